The molecule has 0 saturated heterocycles. The van der Waals surface area contributed by atoms with E-state index >= 15 is 0 Å². The summed E-state index contributed by atoms with van der Waals surface area (Å²) in [6, 6.07) is 10.5. The van der Waals surface area contributed by atoms with Crippen LogP contribution in [0, 0.1) is 22.9 Å². The van der Waals surface area contributed by atoms with Crippen LogP contribution >= 0.6 is 0 Å². The fourth-order valence-corrected chi connectivity index (χ4v) is 3.01. The molecule has 4 aromatic rings. The van der Waals surface area contributed by atoms with Crippen LogP contribution in [0.3, 0.4) is 0 Å². The Kier molecular flexibility index (Phi) is 4.27. The van der Waals surface area contributed by atoms with E-state index in [9.17, 15) is 24.4 Å². The van der Waals surface area contributed by atoms with Crippen LogP contribution in [0.15, 0.2) is 54.7 Å². The Labute approximate surface area is 163 Å². The molecule has 0 aliphatic rings. The average molecular weight is 392 g/mol. The van der Waals surface area contributed by atoms with Crippen LogP contribution in [0.25, 0.3) is 16.7 Å². The summed E-state index contributed by atoms with van der Waals surface area (Å²) in [6.07, 6.45) is 1.32. The number of hydrogen-bond donors (Lipinski definition) is 1. The van der Waals surface area contributed by atoms with Crippen LogP contribution < -0.4 is 0 Å². The zero-order valence-corrected chi connectivity index (χ0v) is 15.0. The highest BCUT2D eigenvalue weighted by molar-refractivity contribution is 6.11. The van der Waals surface area contributed by atoms with Crippen LogP contribution in [-0.2, 0) is 0 Å². The topological polar surface area (TPSA) is 111 Å². The number of rotatable bonds is 4. The van der Waals surface area contributed by atoms with Gasteiger partial charge in [0, 0.05) is 29.3 Å². The molecule has 0 spiro atoms. The molecule has 0 atom stereocenters. The van der Waals surface area contributed by atoms with Crippen LogP contribution in [-0.4, -0.2) is 30.6 Å². The van der Waals surface area contributed by atoms with Crippen molar-refractivity contribution in [3.63, 3.8) is 0 Å². The summed E-state index contributed by atoms with van der Waals surface area (Å²) >= 11 is 0. The summed E-state index contributed by atoms with van der Waals surface area (Å²) in [5.74, 6) is -1.53. The Hall–Kier alpha value is -4.14. The number of non-ortho nitro benzene ring substituents is 1. The maximum Gasteiger partial charge on any atom is 0.269 e. The second-order valence-corrected chi connectivity index (χ2v) is 6.36. The third kappa shape index (κ3) is 3.18. The summed E-state index contributed by atoms with van der Waals surface area (Å²) in [7, 11) is 0. The number of carbonyl (C=O) groups excluding carboxylic acids is 1. The van der Waals surface area contributed by atoms with Crippen molar-refractivity contribution >= 4 is 22.5 Å². The molecule has 0 aliphatic carbocycles. The van der Waals surface area contributed by atoms with Crippen molar-refractivity contribution in [1.29, 1.82) is 0 Å². The molecule has 0 radical (unpaired) electrons. The van der Waals surface area contributed by atoms with Gasteiger partial charge in [0.15, 0.2) is 11.4 Å². The van der Waals surface area contributed by atoms with Crippen molar-refractivity contribution in [2.75, 3.05) is 0 Å². The minimum absolute atomic E-state index is 0.0438. The van der Waals surface area contributed by atoms with Crippen molar-refractivity contribution < 1.29 is 19.2 Å². The number of phenolic OH excluding ortho intramolecular Hbond substituents is 1. The Morgan fingerprint density at radius 1 is 1.17 bits per heavy atom. The molecule has 29 heavy (non-hydrogen) atoms. The van der Waals surface area contributed by atoms with Gasteiger partial charge in [0.1, 0.15) is 11.6 Å². The zero-order chi connectivity index (χ0) is 20.7. The quantitative estimate of drug-likeness (QED) is 0.322. The summed E-state index contributed by atoms with van der Waals surface area (Å²) in [5, 5.41) is 25.7. The summed E-state index contributed by atoms with van der Waals surface area (Å²) in [6.45, 7) is 1.74. The van der Waals surface area contributed by atoms with E-state index in [1.807, 2.05) is 0 Å². The van der Waals surface area contributed by atoms with Crippen LogP contribution in [0.5, 0.6) is 5.75 Å². The summed E-state index contributed by atoms with van der Waals surface area (Å²) in [4.78, 5) is 27.3. The molecule has 2 aromatic carbocycles. The maximum atomic E-state index is 13.5. The number of aryl methyl sites for hydroxylation is 1. The van der Waals surface area contributed by atoms with Gasteiger partial charge in [0.2, 0.25) is 0 Å². The fraction of sp³-hybridized carbons (Fsp3) is 0.0500. The van der Waals surface area contributed by atoms with Gasteiger partial charge in [-0.25, -0.2) is 14.1 Å². The van der Waals surface area contributed by atoms with Crippen molar-refractivity contribution in [1.82, 2.24) is 14.8 Å². The van der Waals surface area contributed by atoms with Gasteiger partial charge in [0.25, 0.3) is 5.69 Å². The standard InChI is InChI=1S/C20H13FN4O4/c1-11-16-8-12(19(27)17-9-13(21)2-7-18(17)26)10-22-20(16)24(23-11)14-3-5-15(6-4-14)25(28)29/h2-10,26H,1H3. The first-order valence-electron chi connectivity index (χ1n) is 8.48. The predicted molar refractivity (Wildman–Crippen MR) is 102 cm³/mol. The smallest absolute Gasteiger partial charge is 0.269 e. The van der Waals surface area contributed by atoms with E-state index in [1.165, 1.54) is 23.0 Å². The fourth-order valence-electron chi connectivity index (χ4n) is 3.01. The Morgan fingerprint density at radius 2 is 1.90 bits per heavy atom. The largest absolute Gasteiger partial charge is 0.507 e. The highest BCUT2D eigenvalue weighted by Gasteiger charge is 2.18. The molecule has 8 nitrogen and oxygen atoms in total. The third-order valence-corrected chi connectivity index (χ3v) is 4.48. The molecule has 2 heterocycles. The Morgan fingerprint density at radius 3 is 2.59 bits per heavy atom. The van der Waals surface area contributed by atoms with Gasteiger partial charge < -0.3 is 5.11 Å². The predicted octanol–water partition coefficient (Wildman–Crippen LogP) is 3.71. The zero-order valence-electron chi connectivity index (χ0n) is 15.0. The number of nitrogens with zero attached hydrogens (tertiary/aromatic N) is 4. The summed E-state index contributed by atoms with van der Waals surface area (Å²) < 4.78 is 15.0. The van der Waals surface area contributed by atoms with Crippen LogP contribution in [0.4, 0.5) is 10.1 Å². The monoisotopic (exact) mass is 392 g/mol. The van der Waals surface area contributed by atoms with E-state index in [2.05, 4.69) is 10.1 Å². The number of benzene rings is 2. The second kappa shape index (κ2) is 6.79. The summed E-state index contributed by atoms with van der Waals surface area (Å²) in [5.41, 5.74) is 1.58. The van der Waals surface area contributed by atoms with E-state index in [1.54, 1.807) is 25.1 Å². The molecule has 0 amide bonds. The number of carbonyl (C=O) groups is 1. The number of nitro groups is 1. The van der Waals surface area contributed by atoms with E-state index in [-0.39, 0.29) is 22.6 Å². The van der Waals surface area contributed by atoms with Crippen molar-refractivity contribution in [2.45, 2.75) is 6.92 Å². The van der Waals surface area contributed by atoms with Crippen molar-refractivity contribution in [3.8, 4) is 11.4 Å². The number of fused-ring (bicyclic) bond motifs is 1. The molecule has 0 bridgehead atoms. The van der Waals surface area contributed by atoms with Gasteiger partial charge in [-0.05, 0) is 43.3 Å². The number of aromatic hydroxyl groups is 1. The average Bonchev–Trinajstić information content (AvgIpc) is 3.05. The van der Waals surface area contributed by atoms with Gasteiger partial charge in [-0.3, -0.25) is 14.9 Å². The lowest BCUT2D eigenvalue weighted by atomic mass is 10.0. The lowest BCUT2D eigenvalue weighted by Crippen LogP contribution is -2.04. The first-order valence-corrected chi connectivity index (χ1v) is 8.48. The number of hydrogen-bond acceptors (Lipinski definition) is 6. The first-order chi connectivity index (χ1) is 13.8. The number of ketones is 1. The van der Waals surface area contributed by atoms with Gasteiger partial charge in [-0.2, -0.15) is 5.10 Å². The van der Waals surface area contributed by atoms with Crippen LogP contribution in [0.1, 0.15) is 21.6 Å². The normalized spacial score (nSPS) is 11.0. The van der Waals surface area contributed by atoms with Gasteiger partial charge >= 0.3 is 0 Å². The molecule has 0 unspecified atom stereocenters. The number of pyridine rings is 1. The van der Waals surface area contributed by atoms with Crippen molar-refractivity contribution in [3.05, 3.63) is 87.5 Å². The molecule has 1 N–H and O–H groups in total. The highest BCUT2D eigenvalue weighted by Crippen LogP contribution is 2.26. The first kappa shape index (κ1) is 18.2. The maximum absolute atomic E-state index is 13.5. The number of nitro benzene ring substituents is 1. The minimum Gasteiger partial charge on any atom is -0.507 e. The van der Waals surface area contributed by atoms with Crippen LogP contribution in [0.2, 0.25) is 0 Å². The second-order valence-electron chi connectivity index (χ2n) is 6.36. The molecule has 2 aromatic heterocycles. The van der Waals surface area contributed by atoms with Gasteiger partial charge in [0.05, 0.1) is 21.9 Å². The van der Waals surface area contributed by atoms with Gasteiger partial charge in [-0.1, -0.05) is 0 Å². The molecule has 9 heteroatoms. The van der Waals surface area contributed by atoms with Crippen molar-refractivity contribution in [2.24, 2.45) is 0 Å². The Bertz CT molecular complexity index is 1280. The molecular weight excluding hydrogens is 379 g/mol. The molecule has 0 aliphatic heterocycles. The van der Waals surface area contributed by atoms with E-state index in [0.29, 0.717) is 22.4 Å². The number of halogens is 1. The molecule has 0 fully saturated rings. The van der Waals surface area contributed by atoms with E-state index in [4.69, 9.17) is 0 Å². The highest BCUT2D eigenvalue weighted by atomic mass is 19.1. The molecular formula is C20H13FN4O4. The molecule has 0 saturated carbocycles. The van der Waals surface area contributed by atoms with E-state index in [0.717, 1.165) is 18.2 Å². The SMILES string of the molecule is Cc1nn(-c2ccc([N+](=O)[O-])cc2)c2ncc(C(=O)c3cc(F)ccc3O)cc12. The lowest BCUT2D eigenvalue weighted by Gasteiger charge is -2.05. The van der Waals surface area contributed by atoms with E-state index < -0.39 is 16.5 Å². The Balaban J connectivity index is 1.78. The lowest BCUT2D eigenvalue weighted by molar-refractivity contribution is -0.384. The number of aromatic nitrogens is 3. The third-order valence-electron chi connectivity index (χ3n) is 4.48. The number of phenols is 1. The van der Waals surface area contributed by atoms with Gasteiger partial charge in [-0.15, -0.1) is 0 Å². The minimum atomic E-state index is -0.637. The molecule has 4 rings (SSSR count). The molecule has 144 valence electrons.